The molecule has 1 aromatic carbocycles. The smallest absolute Gasteiger partial charge is 0.138 e. The van der Waals surface area contributed by atoms with Gasteiger partial charge in [-0.1, -0.05) is 44.2 Å². The number of nitrogens with two attached hydrogens (primary N) is 1. The fourth-order valence-corrected chi connectivity index (χ4v) is 1.92. The van der Waals surface area contributed by atoms with E-state index in [-0.39, 0.29) is 11.8 Å². The summed E-state index contributed by atoms with van der Waals surface area (Å²) in [4.78, 5) is 12.0. The van der Waals surface area contributed by atoms with Gasteiger partial charge in [-0.3, -0.25) is 4.79 Å². The lowest BCUT2D eigenvalue weighted by atomic mass is 9.87. The first-order valence-corrected chi connectivity index (χ1v) is 5.93. The number of hydrogen-bond donors (Lipinski definition) is 1. The van der Waals surface area contributed by atoms with E-state index in [9.17, 15) is 4.79 Å². The van der Waals surface area contributed by atoms with Gasteiger partial charge in [0.15, 0.2) is 0 Å². The third kappa shape index (κ3) is 3.78. The lowest BCUT2D eigenvalue weighted by molar-refractivity contribution is -0.125. The number of carbonyl (C=O) groups is 1. The molecule has 2 nitrogen and oxygen atoms in total. The monoisotopic (exact) mass is 219 g/mol. The van der Waals surface area contributed by atoms with E-state index in [2.05, 4.69) is 12.1 Å². The van der Waals surface area contributed by atoms with Gasteiger partial charge >= 0.3 is 0 Å². The maximum atomic E-state index is 12.0. The van der Waals surface area contributed by atoms with E-state index in [0.29, 0.717) is 12.3 Å². The molecule has 0 aliphatic heterocycles. The molecular weight excluding hydrogens is 198 g/mol. The predicted molar refractivity (Wildman–Crippen MR) is 67.2 cm³/mol. The van der Waals surface area contributed by atoms with Gasteiger partial charge in [-0.2, -0.15) is 0 Å². The molecule has 0 aliphatic rings. The minimum atomic E-state index is 0.0763. The van der Waals surface area contributed by atoms with Gasteiger partial charge in [-0.05, 0) is 24.9 Å². The summed E-state index contributed by atoms with van der Waals surface area (Å²) in [5, 5.41) is 0. The number of carbonyl (C=O) groups excluding carboxylic acids is 1. The van der Waals surface area contributed by atoms with E-state index in [1.165, 1.54) is 5.56 Å². The van der Waals surface area contributed by atoms with Crippen LogP contribution >= 0.6 is 0 Å². The molecule has 1 atom stereocenters. The van der Waals surface area contributed by atoms with Gasteiger partial charge in [0.1, 0.15) is 5.78 Å². The summed E-state index contributed by atoms with van der Waals surface area (Å²) in [6.07, 6.45) is 1.60. The van der Waals surface area contributed by atoms with Crippen molar-refractivity contribution in [3.63, 3.8) is 0 Å². The van der Waals surface area contributed by atoms with Crippen LogP contribution in [0.4, 0.5) is 0 Å². The molecule has 0 radical (unpaired) electrons. The Balaban J connectivity index is 2.68. The maximum Gasteiger partial charge on any atom is 0.138 e. The summed E-state index contributed by atoms with van der Waals surface area (Å²) < 4.78 is 0. The van der Waals surface area contributed by atoms with Gasteiger partial charge in [0, 0.05) is 11.8 Å². The van der Waals surface area contributed by atoms with Crippen LogP contribution in [0.5, 0.6) is 0 Å². The summed E-state index contributed by atoms with van der Waals surface area (Å²) in [5.41, 5.74) is 6.79. The van der Waals surface area contributed by atoms with Crippen molar-refractivity contribution in [2.45, 2.75) is 26.7 Å². The SMILES string of the molecule is CC(C)C(=O)C(CCN)Cc1ccccc1. The molecule has 0 fully saturated rings. The molecule has 2 N–H and O–H groups in total. The maximum absolute atomic E-state index is 12.0. The molecule has 0 saturated carbocycles. The van der Waals surface area contributed by atoms with Gasteiger partial charge in [-0.15, -0.1) is 0 Å². The number of benzene rings is 1. The van der Waals surface area contributed by atoms with Crippen LogP contribution in [0.2, 0.25) is 0 Å². The van der Waals surface area contributed by atoms with Crippen LogP contribution in [0.3, 0.4) is 0 Å². The fourth-order valence-electron chi connectivity index (χ4n) is 1.92. The number of ketones is 1. The molecule has 1 unspecified atom stereocenters. The van der Waals surface area contributed by atoms with E-state index in [4.69, 9.17) is 5.73 Å². The molecule has 2 heteroatoms. The van der Waals surface area contributed by atoms with Gasteiger partial charge < -0.3 is 5.73 Å². The molecule has 0 amide bonds. The van der Waals surface area contributed by atoms with Crippen molar-refractivity contribution >= 4 is 5.78 Å². The van der Waals surface area contributed by atoms with Crippen LogP contribution < -0.4 is 5.73 Å². The summed E-state index contributed by atoms with van der Waals surface area (Å²) >= 11 is 0. The fraction of sp³-hybridized carbons (Fsp3) is 0.500. The van der Waals surface area contributed by atoms with Crippen LogP contribution in [-0.4, -0.2) is 12.3 Å². The zero-order valence-corrected chi connectivity index (χ0v) is 10.1. The second-order valence-electron chi connectivity index (χ2n) is 4.52. The number of hydrogen-bond acceptors (Lipinski definition) is 2. The van der Waals surface area contributed by atoms with E-state index in [1.807, 2.05) is 32.0 Å². The highest BCUT2D eigenvalue weighted by Crippen LogP contribution is 2.16. The van der Waals surface area contributed by atoms with Crippen molar-refractivity contribution in [3.8, 4) is 0 Å². The quantitative estimate of drug-likeness (QED) is 0.798. The van der Waals surface area contributed by atoms with Crippen molar-refractivity contribution in [2.24, 2.45) is 17.6 Å². The lowest BCUT2D eigenvalue weighted by Crippen LogP contribution is -2.24. The summed E-state index contributed by atoms with van der Waals surface area (Å²) in [6.45, 7) is 4.49. The van der Waals surface area contributed by atoms with E-state index in [0.717, 1.165) is 12.8 Å². The van der Waals surface area contributed by atoms with Crippen molar-refractivity contribution in [3.05, 3.63) is 35.9 Å². The highest BCUT2D eigenvalue weighted by Gasteiger charge is 2.20. The Morgan fingerprint density at radius 1 is 1.25 bits per heavy atom. The van der Waals surface area contributed by atoms with Crippen LogP contribution in [0.15, 0.2) is 30.3 Å². The molecule has 1 rings (SSSR count). The molecule has 88 valence electrons. The molecule has 0 heterocycles. The van der Waals surface area contributed by atoms with E-state index >= 15 is 0 Å². The zero-order chi connectivity index (χ0) is 12.0. The Bertz CT molecular complexity index is 319. The molecule has 0 aromatic heterocycles. The highest BCUT2D eigenvalue weighted by molar-refractivity contribution is 5.83. The Morgan fingerprint density at radius 2 is 1.88 bits per heavy atom. The first kappa shape index (κ1) is 12.9. The van der Waals surface area contributed by atoms with Crippen molar-refractivity contribution in [1.82, 2.24) is 0 Å². The average Bonchev–Trinajstić information content (AvgIpc) is 2.29. The van der Waals surface area contributed by atoms with Crippen LogP contribution in [0.1, 0.15) is 25.8 Å². The summed E-state index contributed by atoms with van der Waals surface area (Å²) in [7, 11) is 0. The van der Waals surface area contributed by atoms with Gasteiger partial charge in [0.05, 0.1) is 0 Å². The number of rotatable bonds is 6. The van der Waals surface area contributed by atoms with Crippen LogP contribution in [0.25, 0.3) is 0 Å². The molecule has 0 bridgehead atoms. The van der Waals surface area contributed by atoms with Crippen molar-refractivity contribution < 1.29 is 4.79 Å². The van der Waals surface area contributed by atoms with Gasteiger partial charge in [0.2, 0.25) is 0 Å². The van der Waals surface area contributed by atoms with Crippen molar-refractivity contribution in [1.29, 1.82) is 0 Å². The topological polar surface area (TPSA) is 43.1 Å². The Morgan fingerprint density at radius 3 is 2.38 bits per heavy atom. The van der Waals surface area contributed by atoms with E-state index < -0.39 is 0 Å². The van der Waals surface area contributed by atoms with Crippen LogP contribution in [-0.2, 0) is 11.2 Å². The third-order valence-corrected chi connectivity index (χ3v) is 2.81. The summed E-state index contributed by atoms with van der Waals surface area (Å²) in [5.74, 6) is 0.502. The minimum absolute atomic E-state index is 0.0763. The molecule has 0 saturated heterocycles. The summed E-state index contributed by atoms with van der Waals surface area (Å²) in [6, 6.07) is 10.1. The van der Waals surface area contributed by atoms with Gasteiger partial charge in [0.25, 0.3) is 0 Å². The van der Waals surface area contributed by atoms with Crippen molar-refractivity contribution in [2.75, 3.05) is 6.54 Å². The van der Waals surface area contributed by atoms with Gasteiger partial charge in [-0.25, -0.2) is 0 Å². The molecule has 16 heavy (non-hydrogen) atoms. The molecule has 0 spiro atoms. The van der Waals surface area contributed by atoms with Crippen LogP contribution in [0, 0.1) is 11.8 Å². The molecule has 1 aromatic rings. The average molecular weight is 219 g/mol. The Kier molecular flexibility index (Phi) is 5.20. The lowest BCUT2D eigenvalue weighted by Gasteiger charge is -2.17. The second kappa shape index (κ2) is 6.44. The Hall–Kier alpha value is -1.15. The number of Topliss-reactive ketones (excluding diaryl/α,β-unsaturated/α-hetero) is 1. The largest absolute Gasteiger partial charge is 0.330 e. The third-order valence-electron chi connectivity index (χ3n) is 2.81. The standard InChI is InChI=1S/C14H21NO/c1-11(2)14(16)13(8-9-15)10-12-6-4-3-5-7-12/h3-7,11,13H,8-10,15H2,1-2H3. The minimum Gasteiger partial charge on any atom is -0.330 e. The predicted octanol–water partition coefficient (Wildman–Crippen LogP) is 2.42. The highest BCUT2D eigenvalue weighted by atomic mass is 16.1. The molecular formula is C14H21NO. The normalized spacial score (nSPS) is 12.8. The first-order chi connectivity index (χ1) is 7.65. The van der Waals surface area contributed by atoms with E-state index in [1.54, 1.807) is 0 Å². The second-order valence-corrected chi connectivity index (χ2v) is 4.52. The first-order valence-electron chi connectivity index (χ1n) is 5.93. The zero-order valence-electron chi connectivity index (χ0n) is 10.1. The Labute approximate surface area is 97.9 Å². The molecule has 0 aliphatic carbocycles.